The van der Waals surface area contributed by atoms with Crippen molar-refractivity contribution in [3.8, 4) is 0 Å². The van der Waals surface area contributed by atoms with Crippen LogP contribution in [0.2, 0.25) is 0 Å². The molecule has 2 aromatic heterocycles. The van der Waals surface area contributed by atoms with Crippen LogP contribution in [0.1, 0.15) is 41.1 Å². The Morgan fingerprint density at radius 2 is 2.09 bits per heavy atom. The molecule has 1 fully saturated rings. The molecule has 0 spiro atoms. The first-order chi connectivity index (χ1) is 10.9. The summed E-state index contributed by atoms with van der Waals surface area (Å²) in [5, 5.41) is 7.92. The number of nitrogens with one attached hydrogen (secondary N) is 1. The zero-order chi connectivity index (χ0) is 16.7. The summed E-state index contributed by atoms with van der Waals surface area (Å²) in [7, 11) is 3.79. The smallest absolute Gasteiger partial charge is 0.224 e. The van der Waals surface area contributed by atoms with Gasteiger partial charge in [-0.15, -0.1) is 0 Å². The molecular formula is C16H23N5O2. The molecule has 2 aromatic rings. The topological polar surface area (TPSA) is 76.2 Å². The highest BCUT2D eigenvalue weighted by Crippen LogP contribution is 2.35. The number of carbonyl (C=O) groups excluding carboxylic acids is 1. The lowest BCUT2D eigenvalue weighted by molar-refractivity contribution is -0.127. The van der Waals surface area contributed by atoms with Gasteiger partial charge in [0.05, 0.1) is 24.5 Å². The van der Waals surface area contributed by atoms with Crippen molar-refractivity contribution in [3.05, 3.63) is 34.8 Å². The number of oxazole rings is 1. The molecule has 1 N–H and O–H groups in total. The largest absolute Gasteiger partial charge is 0.445 e. The number of hydrogen-bond donors (Lipinski definition) is 1. The summed E-state index contributed by atoms with van der Waals surface area (Å²) in [6.45, 7) is 6.41. The third kappa shape index (κ3) is 2.76. The highest BCUT2D eigenvalue weighted by molar-refractivity contribution is 5.80. The van der Waals surface area contributed by atoms with Crippen molar-refractivity contribution < 1.29 is 9.21 Å². The van der Waals surface area contributed by atoms with Crippen LogP contribution in [0.25, 0.3) is 0 Å². The van der Waals surface area contributed by atoms with Crippen LogP contribution in [0, 0.1) is 20.8 Å². The molecule has 7 nitrogen and oxygen atoms in total. The second kappa shape index (κ2) is 5.81. The Bertz CT molecular complexity index is 733. The fourth-order valence-corrected chi connectivity index (χ4v) is 3.37. The van der Waals surface area contributed by atoms with Crippen molar-refractivity contribution in [1.29, 1.82) is 0 Å². The van der Waals surface area contributed by atoms with E-state index in [1.807, 2.05) is 44.4 Å². The molecule has 7 heteroatoms. The molecule has 0 aliphatic carbocycles. The lowest BCUT2D eigenvalue weighted by atomic mass is 9.98. The Morgan fingerprint density at radius 1 is 1.35 bits per heavy atom. The first-order valence-corrected chi connectivity index (χ1v) is 7.79. The average Bonchev–Trinajstić information content (AvgIpc) is 3.10. The number of hydrogen-bond acceptors (Lipinski definition) is 5. The van der Waals surface area contributed by atoms with Crippen molar-refractivity contribution in [2.24, 2.45) is 7.05 Å². The van der Waals surface area contributed by atoms with Gasteiger partial charge in [-0.3, -0.25) is 9.48 Å². The summed E-state index contributed by atoms with van der Waals surface area (Å²) in [4.78, 5) is 18.3. The molecule has 0 radical (unpaired) electrons. The molecular weight excluding hydrogens is 294 g/mol. The molecule has 0 unspecified atom stereocenters. The van der Waals surface area contributed by atoms with Crippen LogP contribution in [0.4, 0.5) is 0 Å². The molecule has 1 aliphatic rings. The molecule has 23 heavy (non-hydrogen) atoms. The van der Waals surface area contributed by atoms with Crippen molar-refractivity contribution in [2.45, 2.75) is 45.8 Å². The Labute approximate surface area is 135 Å². The molecule has 0 aromatic carbocycles. The number of rotatable bonds is 4. The second-order valence-electron chi connectivity index (χ2n) is 6.21. The van der Waals surface area contributed by atoms with Crippen LogP contribution in [0.15, 0.2) is 10.6 Å². The second-order valence-corrected chi connectivity index (χ2v) is 6.21. The van der Waals surface area contributed by atoms with Gasteiger partial charge in [-0.05, 0) is 20.8 Å². The summed E-state index contributed by atoms with van der Waals surface area (Å²) in [6.07, 6.45) is 2.17. The van der Waals surface area contributed by atoms with Crippen molar-refractivity contribution in [3.63, 3.8) is 0 Å². The van der Waals surface area contributed by atoms with E-state index in [-0.39, 0.29) is 18.0 Å². The molecule has 0 saturated carbocycles. The first-order valence-electron chi connectivity index (χ1n) is 7.79. The van der Waals surface area contributed by atoms with Crippen molar-refractivity contribution in [2.75, 3.05) is 7.05 Å². The minimum atomic E-state index is -0.0211. The van der Waals surface area contributed by atoms with Crippen LogP contribution in [-0.2, 0) is 18.4 Å². The molecule has 2 atom stereocenters. The number of amides is 1. The zero-order valence-electron chi connectivity index (χ0n) is 14.3. The number of aromatic nitrogens is 3. The van der Waals surface area contributed by atoms with Crippen LogP contribution in [0.5, 0.6) is 0 Å². The van der Waals surface area contributed by atoms with Gasteiger partial charge in [0.1, 0.15) is 5.76 Å². The van der Waals surface area contributed by atoms with E-state index in [4.69, 9.17) is 4.42 Å². The van der Waals surface area contributed by atoms with E-state index < -0.39 is 0 Å². The Morgan fingerprint density at radius 3 is 2.65 bits per heavy atom. The first kappa shape index (κ1) is 15.7. The number of likely N-dealkylation sites (N-methyl/N-ethyl adjacent to an activating group) is 1. The summed E-state index contributed by atoms with van der Waals surface area (Å²) in [5.74, 6) is 1.57. The minimum Gasteiger partial charge on any atom is -0.445 e. The van der Waals surface area contributed by atoms with Gasteiger partial charge in [0.25, 0.3) is 0 Å². The highest BCUT2D eigenvalue weighted by atomic mass is 16.4. The quantitative estimate of drug-likeness (QED) is 0.922. The Balaban J connectivity index is 1.84. The van der Waals surface area contributed by atoms with Gasteiger partial charge >= 0.3 is 0 Å². The van der Waals surface area contributed by atoms with E-state index >= 15 is 0 Å². The van der Waals surface area contributed by atoms with Gasteiger partial charge < -0.3 is 14.6 Å². The average molecular weight is 317 g/mol. The third-order valence-corrected chi connectivity index (χ3v) is 4.63. The molecule has 124 valence electrons. The minimum absolute atomic E-state index is 0.0151. The monoisotopic (exact) mass is 317 g/mol. The summed E-state index contributed by atoms with van der Waals surface area (Å²) >= 11 is 0. The lowest BCUT2D eigenvalue weighted by Gasteiger charge is -2.26. The lowest BCUT2D eigenvalue weighted by Crippen LogP contribution is -2.35. The zero-order valence-corrected chi connectivity index (χ0v) is 14.3. The van der Waals surface area contributed by atoms with Crippen LogP contribution in [-0.4, -0.2) is 38.7 Å². The highest BCUT2D eigenvalue weighted by Gasteiger charge is 2.40. The van der Waals surface area contributed by atoms with E-state index in [1.54, 1.807) is 6.20 Å². The van der Waals surface area contributed by atoms with Crippen LogP contribution >= 0.6 is 0 Å². The molecule has 1 saturated heterocycles. The fourth-order valence-electron chi connectivity index (χ4n) is 3.37. The molecule has 0 bridgehead atoms. The summed E-state index contributed by atoms with van der Waals surface area (Å²) in [6, 6.07) is -0.00596. The van der Waals surface area contributed by atoms with Gasteiger partial charge in [0, 0.05) is 37.8 Å². The maximum atomic E-state index is 12.2. The molecule has 1 aliphatic heterocycles. The van der Waals surface area contributed by atoms with Gasteiger partial charge in [0.2, 0.25) is 11.8 Å². The number of likely N-dealkylation sites (tertiary alicyclic amines) is 1. The fraction of sp³-hybridized carbons (Fsp3) is 0.562. The van der Waals surface area contributed by atoms with E-state index in [0.29, 0.717) is 18.9 Å². The van der Waals surface area contributed by atoms with Gasteiger partial charge in [-0.1, -0.05) is 0 Å². The number of aryl methyl sites for hydroxylation is 3. The van der Waals surface area contributed by atoms with Crippen LogP contribution < -0.4 is 5.32 Å². The predicted octanol–water partition coefficient (Wildman–Crippen LogP) is 1.39. The molecule has 1 amide bonds. The maximum absolute atomic E-state index is 12.2. The summed E-state index contributed by atoms with van der Waals surface area (Å²) in [5.41, 5.74) is 3.19. The maximum Gasteiger partial charge on any atom is 0.224 e. The normalized spacial score (nSPS) is 21.4. The molecule has 3 rings (SSSR count). The predicted molar refractivity (Wildman–Crippen MR) is 84.7 cm³/mol. The Hall–Kier alpha value is -2.15. The third-order valence-electron chi connectivity index (χ3n) is 4.63. The standard InChI is InChI=1S/C16H23N5O2/c1-9-7-18-13(23-9)8-17-12-6-14(22)20(4)16(12)15-10(2)19-21(5)11(15)3/h7,12,16-17H,6,8H2,1-5H3/t12-,16-/m1/s1. The van der Waals surface area contributed by atoms with Gasteiger partial charge in [-0.25, -0.2) is 4.98 Å². The SMILES string of the molecule is Cc1cnc(CN[C@@H]2CC(=O)N(C)[C@H]2c2c(C)nn(C)c2C)o1. The van der Waals surface area contributed by atoms with Crippen molar-refractivity contribution in [1.82, 2.24) is 25.0 Å². The number of nitrogens with zero attached hydrogens (tertiary/aromatic N) is 4. The van der Waals surface area contributed by atoms with Gasteiger partial charge in [0.15, 0.2) is 0 Å². The van der Waals surface area contributed by atoms with Gasteiger partial charge in [-0.2, -0.15) is 5.10 Å². The van der Waals surface area contributed by atoms with Crippen molar-refractivity contribution >= 4 is 5.91 Å². The van der Waals surface area contributed by atoms with E-state index in [2.05, 4.69) is 15.4 Å². The van der Waals surface area contributed by atoms with Crippen LogP contribution in [0.3, 0.4) is 0 Å². The summed E-state index contributed by atoms with van der Waals surface area (Å²) < 4.78 is 7.37. The molecule has 3 heterocycles. The Kier molecular flexibility index (Phi) is 3.97. The number of carbonyl (C=O) groups is 1. The van der Waals surface area contributed by atoms with E-state index in [1.165, 1.54) is 0 Å². The van der Waals surface area contributed by atoms with E-state index in [9.17, 15) is 4.79 Å². The van der Waals surface area contributed by atoms with E-state index in [0.717, 1.165) is 22.7 Å².